The molecular weight excluding hydrogens is 348 g/mol. The van der Waals surface area contributed by atoms with Crippen molar-refractivity contribution in [1.29, 1.82) is 0 Å². The molecule has 1 aliphatic rings. The third-order valence-corrected chi connectivity index (χ3v) is 5.18. The molecule has 26 heavy (non-hydrogen) atoms. The fourth-order valence-corrected chi connectivity index (χ4v) is 3.47. The van der Waals surface area contributed by atoms with E-state index < -0.39 is 0 Å². The topological polar surface area (TPSA) is 40.6 Å². The largest absolute Gasteiger partial charge is 0.341 e. The van der Waals surface area contributed by atoms with Crippen LogP contribution in [0.4, 0.5) is 0 Å². The quantitative estimate of drug-likeness (QED) is 0.828. The van der Waals surface area contributed by atoms with E-state index in [4.69, 9.17) is 11.6 Å². The summed E-state index contributed by atoms with van der Waals surface area (Å²) < 4.78 is 0. The zero-order valence-corrected chi connectivity index (χ0v) is 15.7. The minimum Gasteiger partial charge on any atom is -0.341 e. The summed E-state index contributed by atoms with van der Waals surface area (Å²) in [4.78, 5) is 29.1. The van der Waals surface area contributed by atoms with E-state index in [-0.39, 0.29) is 11.8 Å². The number of carbonyl (C=O) groups excluding carboxylic acids is 2. The smallest absolute Gasteiger partial charge is 0.254 e. The van der Waals surface area contributed by atoms with Crippen molar-refractivity contribution in [1.82, 2.24) is 9.80 Å². The van der Waals surface area contributed by atoms with Gasteiger partial charge in [-0.3, -0.25) is 9.59 Å². The zero-order valence-electron chi connectivity index (χ0n) is 15.0. The molecule has 136 valence electrons. The molecule has 2 aromatic rings. The van der Waals surface area contributed by atoms with Crippen LogP contribution in [-0.2, 0) is 11.2 Å². The first-order chi connectivity index (χ1) is 12.6. The van der Waals surface area contributed by atoms with Gasteiger partial charge in [0.2, 0.25) is 5.91 Å². The summed E-state index contributed by atoms with van der Waals surface area (Å²) >= 11 is 6.16. The second-order valence-electron chi connectivity index (χ2n) is 6.61. The van der Waals surface area contributed by atoms with Gasteiger partial charge >= 0.3 is 0 Å². The molecular formula is C21H23ClN2O2. The average Bonchev–Trinajstić information content (AvgIpc) is 2.90. The van der Waals surface area contributed by atoms with E-state index >= 15 is 0 Å². The Kier molecular flexibility index (Phi) is 5.94. The van der Waals surface area contributed by atoms with Gasteiger partial charge in [0.25, 0.3) is 5.91 Å². The Morgan fingerprint density at radius 2 is 1.58 bits per heavy atom. The highest BCUT2D eigenvalue weighted by molar-refractivity contribution is 6.31. The molecule has 1 aliphatic heterocycles. The van der Waals surface area contributed by atoms with Crippen LogP contribution in [0.2, 0.25) is 5.02 Å². The van der Waals surface area contributed by atoms with E-state index in [9.17, 15) is 9.59 Å². The van der Waals surface area contributed by atoms with Crippen molar-refractivity contribution in [3.05, 3.63) is 70.2 Å². The predicted octanol–water partition coefficient (Wildman–Crippen LogP) is 3.57. The maximum Gasteiger partial charge on any atom is 0.254 e. The van der Waals surface area contributed by atoms with Crippen LogP contribution in [0.5, 0.6) is 0 Å². The van der Waals surface area contributed by atoms with Crippen LogP contribution in [-0.4, -0.2) is 47.8 Å². The highest BCUT2D eigenvalue weighted by Gasteiger charge is 2.23. The van der Waals surface area contributed by atoms with Gasteiger partial charge in [-0.1, -0.05) is 48.0 Å². The lowest BCUT2D eigenvalue weighted by Gasteiger charge is -2.23. The minimum atomic E-state index is 0.0449. The molecule has 0 bridgehead atoms. The lowest BCUT2D eigenvalue weighted by Crippen LogP contribution is -2.38. The molecule has 1 saturated heterocycles. The van der Waals surface area contributed by atoms with Crippen molar-refractivity contribution >= 4 is 23.4 Å². The molecule has 4 nitrogen and oxygen atoms in total. The summed E-state index contributed by atoms with van der Waals surface area (Å²) in [5, 5.41) is 0.618. The molecule has 0 N–H and O–H groups in total. The van der Waals surface area contributed by atoms with Crippen molar-refractivity contribution in [3.63, 3.8) is 0 Å². The van der Waals surface area contributed by atoms with Gasteiger partial charge in [0, 0.05) is 36.8 Å². The third kappa shape index (κ3) is 4.25. The van der Waals surface area contributed by atoms with E-state index in [0.717, 1.165) is 23.1 Å². The number of rotatable bonds is 3. The van der Waals surface area contributed by atoms with Gasteiger partial charge in [-0.25, -0.2) is 0 Å². The molecule has 5 heteroatoms. The molecule has 2 aromatic carbocycles. The molecule has 2 amide bonds. The Morgan fingerprint density at radius 1 is 0.923 bits per heavy atom. The summed E-state index contributed by atoms with van der Waals surface area (Å²) in [5.74, 6) is 0.104. The second kappa shape index (κ2) is 8.37. The molecule has 0 aliphatic carbocycles. The van der Waals surface area contributed by atoms with Gasteiger partial charge in [0.05, 0.1) is 6.42 Å². The first-order valence-electron chi connectivity index (χ1n) is 8.92. The molecule has 0 atom stereocenters. The zero-order chi connectivity index (χ0) is 18.5. The Hall–Kier alpha value is -2.33. The predicted molar refractivity (Wildman–Crippen MR) is 103 cm³/mol. The first-order valence-corrected chi connectivity index (χ1v) is 9.30. The maximum absolute atomic E-state index is 12.8. The molecule has 3 rings (SSSR count). The van der Waals surface area contributed by atoms with Crippen molar-refractivity contribution < 1.29 is 9.59 Å². The van der Waals surface area contributed by atoms with Crippen LogP contribution in [0, 0.1) is 6.92 Å². The van der Waals surface area contributed by atoms with Crippen molar-refractivity contribution in [2.24, 2.45) is 0 Å². The molecule has 1 heterocycles. The molecule has 0 saturated carbocycles. The summed E-state index contributed by atoms with van der Waals surface area (Å²) in [5.41, 5.74) is 2.56. The van der Waals surface area contributed by atoms with Crippen LogP contribution >= 0.6 is 11.6 Å². The number of benzene rings is 2. The Bertz CT molecular complexity index is 806. The second-order valence-corrected chi connectivity index (χ2v) is 7.02. The van der Waals surface area contributed by atoms with Crippen molar-refractivity contribution in [2.45, 2.75) is 19.8 Å². The van der Waals surface area contributed by atoms with Crippen molar-refractivity contribution in [3.8, 4) is 0 Å². The van der Waals surface area contributed by atoms with E-state index in [1.54, 1.807) is 6.07 Å². The summed E-state index contributed by atoms with van der Waals surface area (Å²) in [6.07, 6.45) is 1.08. The lowest BCUT2D eigenvalue weighted by atomic mass is 10.1. The minimum absolute atomic E-state index is 0.0449. The van der Waals surface area contributed by atoms with Crippen LogP contribution in [0.25, 0.3) is 0 Å². The number of carbonyl (C=O) groups is 2. The Labute approximate surface area is 159 Å². The Morgan fingerprint density at radius 3 is 2.35 bits per heavy atom. The van der Waals surface area contributed by atoms with Gasteiger partial charge in [0.1, 0.15) is 0 Å². The highest BCUT2D eigenvalue weighted by atomic mass is 35.5. The molecule has 0 radical (unpaired) electrons. The van der Waals surface area contributed by atoms with E-state index in [2.05, 4.69) is 0 Å². The van der Waals surface area contributed by atoms with E-state index in [0.29, 0.717) is 37.6 Å². The monoisotopic (exact) mass is 370 g/mol. The van der Waals surface area contributed by atoms with Crippen molar-refractivity contribution in [2.75, 3.05) is 26.2 Å². The van der Waals surface area contributed by atoms with E-state index in [1.807, 2.05) is 59.2 Å². The summed E-state index contributed by atoms with van der Waals surface area (Å²) in [6.45, 7) is 4.40. The summed E-state index contributed by atoms with van der Waals surface area (Å²) in [6, 6.07) is 15.1. The van der Waals surface area contributed by atoms with Gasteiger partial charge in [0.15, 0.2) is 0 Å². The first kappa shape index (κ1) is 18.5. The molecule has 0 spiro atoms. The third-order valence-electron chi connectivity index (χ3n) is 4.81. The number of aryl methyl sites for hydroxylation is 1. The van der Waals surface area contributed by atoms with Crippen LogP contribution in [0.15, 0.2) is 48.5 Å². The number of nitrogens with zero attached hydrogens (tertiary/aromatic N) is 2. The number of halogens is 1. The Balaban J connectivity index is 1.63. The fraction of sp³-hybridized carbons (Fsp3) is 0.333. The fourth-order valence-electron chi connectivity index (χ4n) is 3.27. The molecule has 0 unspecified atom stereocenters. The van der Waals surface area contributed by atoms with Crippen LogP contribution in [0.3, 0.4) is 0 Å². The maximum atomic E-state index is 12.8. The number of hydrogen-bond acceptors (Lipinski definition) is 2. The number of hydrogen-bond donors (Lipinski definition) is 0. The highest BCUT2D eigenvalue weighted by Crippen LogP contribution is 2.17. The van der Waals surface area contributed by atoms with Gasteiger partial charge < -0.3 is 9.80 Å². The van der Waals surface area contributed by atoms with Gasteiger partial charge in [-0.2, -0.15) is 0 Å². The number of amides is 2. The SMILES string of the molecule is Cc1ccccc1C(=O)N1CCCN(C(=O)Cc2ccccc2Cl)CC1. The lowest BCUT2D eigenvalue weighted by molar-refractivity contribution is -0.130. The average molecular weight is 371 g/mol. The molecule has 0 aromatic heterocycles. The molecule has 1 fully saturated rings. The van der Waals surface area contributed by atoms with Crippen LogP contribution in [0.1, 0.15) is 27.9 Å². The normalized spacial score (nSPS) is 14.8. The van der Waals surface area contributed by atoms with E-state index in [1.165, 1.54) is 0 Å². The van der Waals surface area contributed by atoms with Crippen LogP contribution < -0.4 is 0 Å². The summed E-state index contributed by atoms with van der Waals surface area (Å²) in [7, 11) is 0. The standard InChI is InChI=1S/C21H23ClN2O2/c1-16-7-2-4-9-18(16)21(26)24-12-6-11-23(13-14-24)20(25)15-17-8-3-5-10-19(17)22/h2-5,7-10H,6,11-15H2,1H3. The van der Waals surface area contributed by atoms with Gasteiger partial charge in [-0.15, -0.1) is 0 Å². The van der Waals surface area contributed by atoms with Gasteiger partial charge in [-0.05, 0) is 36.6 Å².